The van der Waals surface area contributed by atoms with Crippen LogP contribution in [0.25, 0.3) is 5.69 Å². The molecule has 9 heteroatoms. The number of ether oxygens (including phenoxy) is 1. The summed E-state index contributed by atoms with van der Waals surface area (Å²) in [4.78, 5) is 31.0. The highest BCUT2D eigenvalue weighted by atomic mass is 32.2. The molecule has 0 saturated carbocycles. The first-order chi connectivity index (χ1) is 15.1. The van der Waals surface area contributed by atoms with Gasteiger partial charge in [-0.05, 0) is 29.8 Å². The Morgan fingerprint density at radius 3 is 2.81 bits per heavy atom. The van der Waals surface area contributed by atoms with E-state index in [4.69, 9.17) is 9.72 Å². The molecule has 0 unspecified atom stereocenters. The van der Waals surface area contributed by atoms with E-state index < -0.39 is 0 Å². The second-order valence-electron chi connectivity index (χ2n) is 6.77. The van der Waals surface area contributed by atoms with Gasteiger partial charge in [0.25, 0.3) is 5.56 Å². The number of benzene rings is 2. The molecule has 31 heavy (non-hydrogen) atoms. The molecule has 4 rings (SSSR count). The van der Waals surface area contributed by atoms with Crippen molar-refractivity contribution in [1.82, 2.24) is 14.9 Å². The lowest BCUT2D eigenvalue weighted by Crippen LogP contribution is -2.27. The third-order valence-corrected chi connectivity index (χ3v) is 6.77. The fraction of sp³-hybridized carbons (Fsp3) is 0.227. The van der Waals surface area contributed by atoms with E-state index in [2.05, 4.69) is 5.32 Å². The van der Waals surface area contributed by atoms with Crippen LogP contribution in [0.5, 0.6) is 5.75 Å². The predicted octanol–water partition coefficient (Wildman–Crippen LogP) is 3.44. The number of hydrogen-bond donors (Lipinski definition) is 1. The number of para-hydroxylation sites is 2. The maximum atomic E-state index is 13.2. The number of rotatable bonds is 7. The first-order valence-corrected chi connectivity index (χ1v) is 11.6. The molecule has 6 nitrogen and oxygen atoms in total. The van der Waals surface area contributed by atoms with Crippen LogP contribution in [0.2, 0.25) is 0 Å². The number of amides is 1. The first kappa shape index (κ1) is 21.5. The molecule has 1 aromatic heterocycles. The number of aromatic nitrogens is 2. The third-order valence-electron chi connectivity index (χ3n) is 4.73. The van der Waals surface area contributed by atoms with Crippen molar-refractivity contribution in [1.29, 1.82) is 0 Å². The van der Waals surface area contributed by atoms with Gasteiger partial charge in [-0.2, -0.15) is 0 Å². The van der Waals surface area contributed by atoms with Gasteiger partial charge in [0.15, 0.2) is 5.16 Å². The summed E-state index contributed by atoms with van der Waals surface area (Å²) in [5.41, 5.74) is 2.02. The third kappa shape index (κ3) is 4.77. The molecule has 2 aromatic carbocycles. The van der Waals surface area contributed by atoms with Gasteiger partial charge in [0.2, 0.25) is 5.91 Å². The molecular formula is C22H20FN3O3S2. The Hall–Kier alpha value is -2.78. The molecule has 0 spiro atoms. The molecule has 0 radical (unpaired) electrons. The normalized spacial score (nSPS) is 12.5. The zero-order valence-corrected chi connectivity index (χ0v) is 18.4. The maximum Gasteiger partial charge on any atom is 0.272 e. The number of aryl methyl sites for hydroxylation is 1. The van der Waals surface area contributed by atoms with Crippen LogP contribution in [0.3, 0.4) is 0 Å². The van der Waals surface area contributed by atoms with Crippen LogP contribution < -0.4 is 15.6 Å². The van der Waals surface area contributed by atoms with E-state index in [0.717, 1.165) is 23.4 Å². The van der Waals surface area contributed by atoms with Crippen molar-refractivity contribution in [3.63, 3.8) is 0 Å². The lowest BCUT2D eigenvalue weighted by atomic mass is 10.2. The van der Waals surface area contributed by atoms with Crippen LogP contribution in [0.1, 0.15) is 11.3 Å². The van der Waals surface area contributed by atoms with Crippen LogP contribution in [0.4, 0.5) is 4.39 Å². The molecule has 2 heterocycles. The van der Waals surface area contributed by atoms with E-state index in [1.807, 2.05) is 12.1 Å². The minimum Gasteiger partial charge on any atom is -0.495 e. The molecule has 1 aliphatic heterocycles. The van der Waals surface area contributed by atoms with Crippen LogP contribution in [0, 0.1) is 5.82 Å². The average Bonchev–Trinajstić information content (AvgIpc) is 3.26. The summed E-state index contributed by atoms with van der Waals surface area (Å²) in [6.45, 7) is 0.299. The van der Waals surface area contributed by atoms with Crippen molar-refractivity contribution in [2.45, 2.75) is 23.0 Å². The molecule has 0 fully saturated rings. The van der Waals surface area contributed by atoms with Crippen molar-refractivity contribution in [3.8, 4) is 11.4 Å². The summed E-state index contributed by atoms with van der Waals surface area (Å²) in [5, 5.41) is 3.26. The molecule has 0 aliphatic carbocycles. The van der Waals surface area contributed by atoms with Crippen LogP contribution >= 0.6 is 23.5 Å². The number of hydrogen-bond acceptors (Lipinski definition) is 6. The number of halogens is 1. The van der Waals surface area contributed by atoms with Gasteiger partial charge >= 0.3 is 0 Å². The van der Waals surface area contributed by atoms with E-state index in [-0.39, 0.29) is 23.0 Å². The van der Waals surface area contributed by atoms with Crippen molar-refractivity contribution < 1.29 is 13.9 Å². The Balaban J connectivity index is 1.56. The van der Waals surface area contributed by atoms with Gasteiger partial charge in [0.05, 0.1) is 29.1 Å². The van der Waals surface area contributed by atoms with Crippen molar-refractivity contribution in [2.24, 2.45) is 0 Å². The topological polar surface area (TPSA) is 73.2 Å². The van der Waals surface area contributed by atoms with Gasteiger partial charge < -0.3 is 10.1 Å². The number of thioether (sulfide) groups is 2. The number of methoxy groups -OCH3 is 1. The van der Waals surface area contributed by atoms with Crippen LogP contribution in [0.15, 0.2) is 63.4 Å². The Morgan fingerprint density at radius 1 is 1.26 bits per heavy atom. The lowest BCUT2D eigenvalue weighted by molar-refractivity contribution is -0.118. The fourth-order valence-corrected chi connectivity index (χ4v) is 5.08. The molecule has 1 amide bonds. The van der Waals surface area contributed by atoms with E-state index in [1.165, 1.54) is 40.2 Å². The standard InChI is InChI=1S/C22H20FN3O3S2/c1-29-18-5-3-2-4-17(18)26-21(28)20-16(10-11-30-20)25-22(26)31-13-19(27)24-12-14-6-8-15(23)9-7-14/h2-9H,10-13H2,1H3,(H,24,27). The number of carbonyl (C=O) groups is 1. The highest BCUT2D eigenvalue weighted by Gasteiger charge is 2.24. The average molecular weight is 458 g/mol. The molecule has 0 saturated heterocycles. The molecule has 1 N–H and O–H groups in total. The van der Waals surface area contributed by atoms with E-state index >= 15 is 0 Å². The van der Waals surface area contributed by atoms with Gasteiger partial charge in [0.1, 0.15) is 11.6 Å². The second-order valence-corrected chi connectivity index (χ2v) is 8.82. The van der Waals surface area contributed by atoms with E-state index in [1.54, 1.807) is 31.4 Å². The maximum absolute atomic E-state index is 13.2. The highest BCUT2D eigenvalue weighted by molar-refractivity contribution is 8.00. The number of fused-ring (bicyclic) bond motifs is 1. The van der Waals surface area contributed by atoms with Crippen LogP contribution in [-0.2, 0) is 17.8 Å². The highest BCUT2D eigenvalue weighted by Crippen LogP contribution is 2.32. The fourth-order valence-electron chi connectivity index (χ4n) is 3.20. The van der Waals surface area contributed by atoms with E-state index in [0.29, 0.717) is 28.0 Å². The van der Waals surface area contributed by atoms with Crippen molar-refractivity contribution in [2.75, 3.05) is 18.6 Å². The number of nitrogens with zero attached hydrogens (tertiary/aromatic N) is 2. The Bertz CT molecular complexity index is 1170. The summed E-state index contributed by atoms with van der Waals surface area (Å²) in [6, 6.07) is 13.2. The van der Waals surface area contributed by atoms with E-state index in [9.17, 15) is 14.0 Å². The Labute approximate surface area is 187 Å². The minimum atomic E-state index is -0.319. The van der Waals surface area contributed by atoms with Gasteiger partial charge in [-0.15, -0.1) is 11.8 Å². The first-order valence-electron chi connectivity index (χ1n) is 9.63. The van der Waals surface area contributed by atoms with Gasteiger partial charge in [-0.25, -0.2) is 9.37 Å². The number of carbonyl (C=O) groups excluding carboxylic acids is 1. The Morgan fingerprint density at radius 2 is 2.03 bits per heavy atom. The molecular weight excluding hydrogens is 437 g/mol. The molecule has 0 bridgehead atoms. The smallest absolute Gasteiger partial charge is 0.272 e. The molecule has 3 aromatic rings. The summed E-state index contributed by atoms with van der Waals surface area (Å²) in [5.74, 6) is 0.938. The summed E-state index contributed by atoms with van der Waals surface area (Å²) < 4.78 is 20.0. The zero-order valence-electron chi connectivity index (χ0n) is 16.8. The lowest BCUT2D eigenvalue weighted by Gasteiger charge is -2.16. The minimum absolute atomic E-state index is 0.0920. The monoisotopic (exact) mass is 457 g/mol. The van der Waals surface area contributed by atoms with Gasteiger partial charge in [-0.3, -0.25) is 14.2 Å². The summed E-state index contributed by atoms with van der Waals surface area (Å²) in [7, 11) is 1.55. The molecule has 160 valence electrons. The predicted molar refractivity (Wildman–Crippen MR) is 120 cm³/mol. The largest absolute Gasteiger partial charge is 0.495 e. The van der Waals surface area contributed by atoms with Gasteiger partial charge in [-0.1, -0.05) is 36.0 Å². The Kier molecular flexibility index (Phi) is 6.62. The quantitative estimate of drug-likeness (QED) is 0.433. The second kappa shape index (κ2) is 9.57. The van der Waals surface area contributed by atoms with Crippen LogP contribution in [-0.4, -0.2) is 34.1 Å². The van der Waals surface area contributed by atoms with Gasteiger partial charge in [0, 0.05) is 18.7 Å². The zero-order chi connectivity index (χ0) is 21.8. The van der Waals surface area contributed by atoms with Crippen molar-refractivity contribution in [3.05, 3.63) is 76.0 Å². The summed E-state index contributed by atoms with van der Waals surface area (Å²) in [6.07, 6.45) is 0.728. The summed E-state index contributed by atoms with van der Waals surface area (Å²) >= 11 is 2.71. The van der Waals surface area contributed by atoms with Crippen molar-refractivity contribution >= 4 is 29.4 Å². The molecule has 1 aliphatic rings. The SMILES string of the molecule is COc1ccccc1-n1c(SCC(=O)NCc2ccc(F)cc2)nc2c(c1=O)SCC2. The molecule has 0 atom stereocenters. The number of nitrogens with one attached hydrogen (secondary N) is 1.